The minimum Gasteiger partial charge on any atom is -0.495 e. The van der Waals surface area contributed by atoms with Crippen LogP contribution >= 0.6 is 0 Å². The van der Waals surface area contributed by atoms with Gasteiger partial charge >= 0.3 is 6.09 Å². The van der Waals surface area contributed by atoms with E-state index in [2.05, 4.69) is 17.1 Å². The Morgan fingerprint density at radius 2 is 2.08 bits per heavy atom. The maximum atomic E-state index is 12.2. The van der Waals surface area contributed by atoms with Crippen LogP contribution in [0.2, 0.25) is 0 Å². The van der Waals surface area contributed by atoms with Crippen molar-refractivity contribution in [3.63, 3.8) is 0 Å². The largest absolute Gasteiger partial charge is 0.495 e. The Hall–Kier alpha value is -2.69. The van der Waals surface area contributed by atoms with Crippen LogP contribution in [0.5, 0.6) is 11.5 Å². The number of rotatable bonds is 4. The van der Waals surface area contributed by atoms with E-state index in [1.165, 1.54) is 5.56 Å². The Balaban J connectivity index is 1.73. The number of ether oxygens (including phenoxy) is 2. The first kappa shape index (κ1) is 16.2. The van der Waals surface area contributed by atoms with E-state index in [0.717, 1.165) is 31.6 Å². The lowest BCUT2D eigenvalue weighted by Gasteiger charge is -2.30. The Kier molecular flexibility index (Phi) is 4.89. The van der Waals surface area contributed by atoms with Gasteiger partial charge in [-0.25, -0.2) is 4.79 Å². The van der Waals surface area contributed by atoms with Gasteiger partial charge in [0.15, 0.2) is 0 Å². The van der Waals surface area contributed by atoms with Crippen LogP contribution in [0.1, 0.15) is 18.9 Å². The topological polar surface area (TPSA) is 50.8 Å². The lowest BCUT2D eigenvalue weighted by Crippen LogP contribution is -2.29. The van der Waals surface area contributed by atoms with Crippen molar-refractivity contribution in [3.05, 3.63) is 48.0 Å². The van der Waals surface area contributed by atoms with Crippen molar-refractivity contribution >= 4 is 17.5 Å². The van der Waals surface area contributed by atoms with Crippen LogP contribution in [0, 0.1) is 0 Å². The Labute approximate surface area is 142 Å². The van der Waals surface area contributed by atoms with Gasteiger partial charge in [-0.3, -0.25) is 5.32 Å². The third-order valence-electron chi connectivity index (χ3n) is 4.21. The van der Waals surface area contributed by atoms with Crippen molar-refractivity contribution in [2.24, 2.45) is 0 Å². The van der Waals surface area contributed by atoms with Crippen molar-refractivity contribution in [2.45, 2.75) is 19.8 Å². The van der Waals surface area contributed by atoms with Gasteiger partial charge in [-0.05, 0) is 43.5 Å². The van der Waals surface area contributed by atoms with Crippen molar-refractivity contribution in [1.82, 2.24) is 0 Å². The van der Waals surface area contributed by atoms with E-state index in [1.54, 1.807) is 19.2 Å². The van der Waals surface area contributed by atoms with Crippen LogP contribution in [0.25, 0.3) is 0 Å². The highest BCUT2D eigenvalue weighted by atomic mass is 16.6. The van der Waals surface area contributed by atoms with Gasteiger partial charge in [-0.15, -0.1) is 0 Å². The standard InChI is InChI=1S/C19H22N2O3/c1-3-21-12-6-7-14-10-11-15(13-17(14)21)24-19(22)20-16-8-4-5-9-18(16)23-2/h4-5,8-11,13H,3,6-7,12H2,1-2H3,(H,20,22). The van der Waals surface area contributed by atoms with Crippen LogP contribution in [-0.4, -0.2) is 26.3 Å². The second-order valence-electron chi connectivity index (χ2n) is 5.69. The van der Waals surface area contributed by atoms with Crippen LogP contribution in [0.15, 0.2) is 42.5 Å². The molecule has 0 radical (unpaired) electrons. The lowest BCUT2D eigenvalue weighted by molar-refractivity contribution is 0.215. The summed E-state index contributed by atoms with van der Waals surface area (Å²) < 4.78 is 10.7. The summed E-state index contributed by atoms with van der Waals surface area (Å²) in [5.74, 6) is 1.14. The quantitative estimate of drug-likeness (QED) is 0.920. The van der Waals surface area contributed by atoms with Crippen molar-refractivity contribution in [2.75, 3.05) is 30.4 Å². The monoisotopic (exact) mass is 326 g/mol. The summed E-state index contributed by atoms with van der Waals surface area (Å²) in [4.78, 5) is 14.5. The van der Waals surface area contributed by atoms with E-state index in [1.807, 2.05) is 30.3 Å². The molecule has 1 amide bonds. The van der Waals surface area contributed by atoms with Gasteiger partial charge in [-0.1, -0.05) is 18.2 Å². The highest BCUT2D eigenvalue weighted by Gasteiger charge is 2.17. The first-order chi connectivity index (χ1) is 11.7. The molecular weight excluding hydrogens is 304 g/mol. The zero-order valence-corrected chi connectivity index (χ0v) is 14.0. The highest BCUT2D eigenvalue weighted by molar-refractivity contribution is 5.88. The molecule has 0 atom stereocenters. The minimum atomic E-state index is -0.529. The maximum Gasteiger partial charge on any atom is 0.417 e. The number of carbonyl (C=O) groups is 1. The summed E-state index contributed by atoms with van der Waals surface area (Å²) in [5, 5.41) is 2.72. The molecule has 1 aliphatic rings. The number of hydrogen-bond donors (Lipinski definition) is 1. The fourth-order valence-electron chi connectivity index (χ4n) is 3.01. The average Bonchev–Trinajstić information content (AvgIpc) is 2.61. The van der Waals surface area contributed by atoms with E-state index in [0.29, 0.717) is 17.2 Å². The van der Waals surface area contributed by atoms with Gasteiger partial charge in [-0.2, -0.15) is 0 Å². The number of hydrogen-bond acceptors (Lipinski definition) is 4. The zero-order valence-electron chi connectivity index (χ0n) is 14.0. The van der Waals surface area contributed by atoms with E-state index in [-0.39, 0.29) is 0 Å². The summed E-state index contributed by atoms with van der Waals surface area (Å²) in [5.41, 5.74) is 3.05. The van der Waals surface area contributed by atoms with Gasteiger partial charge in [0.05, 0.1) is 12.8 Å². The number of aryl methyl sites for hydroxylation is 1. The number of fused-ring (bicyclic) bond motifs is 1. The number of methoxy groups -OCH3 is 1. The molecule has 0 aliphatic carbocycles. The fourth-order valence-corrected chi connectivity index (χ4v) is 3.01. The first-order valence-electron chi connectivity index (χ1n) is 8.21. The molecule has 0 bridgehead atoms. The SMILES string of the molecule is CCN1CCCc2ccc(OC(=O)Nc3ccccc3OC)cc21. The summed E-state index contributed by atoms with van der Waals surface area (Å²) in [6.45, 7) is 4.13. The smallest absolute Gasteiger partial charge is 0.417 e. The summed E-state index contributed by atoms with van der Waals surface area (Å²) in [7, 11) is 1.56. The molecule has 0 saturated heterocycles. The van der Waals surface area contributed by atoms with Crippen LogP contribution in [0.3, 0.4) is 0 Å². The van der Waals surface area contributed by atoms with E-state index in [4.69, 9.17) is 9.47 Å². The number of nitrogens with zero attached hydrogens (tertiary/aromatic N) is 1. The third kappa shape index (κ3) is 3.45. The number of amides is 1. The van der Waals surface area contributed by atoms with Gasteiger partial charge in [0.1, 0.15) is 11.5 Å². The lowest BCUT2D eigenvalue weighted by atomic mass is 10.0. The van der Waals surface area contributed by atoms with Gasteiger partial charge < -0.3 is 14.4 Å². The fraction of sp³-hybridized carbons (Fsp3) is 0.316. The van der Waals surface area contributed by atoms with E-state index >= 15 is 0 Å². The molecule has 5 heteroatoms. The van der Waals surface area contributed by atoms with Crippen LogP contribution in [0.4, 0.5) is 16.2 Å². The van der Waals surface area contributed by atoms with E-state index < -0.39 is 6.09 Å². The molecule has 0 aromatic heterocycles. The molecule has 24 heavy (non-hydrogen) atoms. The second kappa shape index (κ2) is 7.25. The molecule has 2 aromatic rings. The molecule has 1 heterocycles. The predicted octanol–water partition coefficient (Wildman–Crippen LogP) is 4.08. The molecule has 1 N–H and O–H groups in total. The van der Waals surface area contributed by atoms with Crippen molar-refractivity contribution < 1.29 is 14.3 Å². The molecule has 0 spiro atoms. The molecule has 0 fully saturated rings. The van der Waals surface area contributed by atoms with Crippen LogP contribution < -0.4 is 19.7 Å². The number of nitrogens with one attached hydrogen (secondary N) is 1. The molecule has 0 unspecified atom stereocenters. The average molecular weight is 326 g/mol. The van der Waals surface area contributed by atoms with Gasteiger partial charge in [0.25, 0.3) is 0 Å². The molecule has 126 valence electrons. The Morgan fingerprint density at radius 1 is 1.25 bits per heavy atom. The summed E-state index contributed by atoms with van der Waals surface area (Å²) in [6.07, 6.45) is 1.70. The number of benzene rings is 2. The van der Waals surface area contributed by atoms with Gasteiger partial charge in [0, 0.05) is 24.8 Å². The number of para-hydroxylation sites is 2. The predicted molar refractivity (Wildman–Crippen MR) is 95.3 cm³/mol. The first-order valence-corrected chi connectivity index (χ1v) is 8.21. The van der Waals surface area contributed by atoms with Crippen LogP contribution in [-0.2, 0) is 6.42 Å². The minimum absolute atomic E-state index is 0.529. The molecule has 2 aromatic carbocycles. The molecule has 3 rings (SSSR count). The molecular formula is C19H22N2O3. The van der Waals surface area contributed by atoms with Crippen molar-refractivity contribution in [1.29, 1.82) is 0 Å². The molecule has 1 aliphatic heterocycles. The van der Waals surface area contributed by atoms with E-state index in [9.17, 15) is 4.79 Å². The number of anilines is 2. The molecule has 5 nitrogen and oxygen atoms in total. The summed E-state index contributed by atoms with van der Waals surface area (Å²) >= 11 is 0. The third-order valence-corrected chi connectivity index (χ3v) is 4.21. The normalized spacial score (nSPS) is 13.2. The number of carbonyl (C=O) groups excluding carboxylic acids is 1. The second-order valence-corrected chi connectivity index (χ2v) is 5.69. The Morgan fingerprint density at radius 3 is 2.88 bits per heavy atom. The van der Waals surface area contributed by atoms with Crippen molar-refractivity contribution in [3.8, 4) is 11.5 Å². The zero-order chi connectivity index (χ0) is 16.9. The Bertz CT molecular complexity index is 730. The summed E-state index contributed by atoms with van der Waals surface area (Å²) in [6, 6.07) is 13.1. The highest BCUT2D eigenvalue weighted by Crippen LogP contribution is 2.31. The maximum absolute atomic E-state index is 12.2. The van der Waals surface area contributed by atoms with Gasteiger partial charge in [0.2, 0.25) is 0 Å². The molecule has 0 saturated carbocycles.